The second-order valence-corrected chi connectivity index (χ2v) is 5.18. The Kier molecular flexibility index (Phi) is 4.36. The molecule has 0 aliphatic carbocycles. The summed E-state index contributed by atoms with van der Waals surface area (Å²) in [6.07, 6.45) is 1.36. The van der Waals surface area contributed by atoms with E-state index in [0.717, 1.165) is 4.90 Å². The molecule has 1 heterocycles. The number of hydrogen-bond donors (Lipinski definition) is 3. The van der Waals surface area contributed by atoms with Crippen LogP contribution in [0, 0.1) is 0 Å². The first-order valence-electron chi connectivity index (χ1n) is 5.36. The molecule has 0 bridgehead atoms. The van der Waals surface area contributed by atoms with Crippen LogP contribution >= 0.6 is 23.4 Å². The van der Waals surface area contributed by atoms with Crippen LogP contribution in [-0.2, 0) is 5.75 Å². The molecule has 19 heavy (non-hydrogen) atoms. The highest BCUT2D eigenvalue weighted by Gasteiger charge is 2.09. The lowest BCUT2D eigenvalue weighted by Gasteiger charge is -2.03. The van der Waals surface area contributed by atoms with Crippen LogP contribution in [0.2, 0.25) is 5.02 Å². The van der Waals surface area contributed by atoms with Gasteiger partial charge in [0.1, 0.15) is 12.0 Å². The molecule has 0 fully saturated rings. The average molecular weight is 298 g/mol. The largest absolute Gasteiger partial charge is 0.468 e. The van der Waals surface area contributed by atoms with Gasteiger partial charge in [0.15, 0.2) is 0 Å². The number of carbonyl (C=O) groups is 1. The Labute approximate surface area is 119 Å². The van der Waals surface area contributed by atoms with Gasteiger partial charge in [0.25, 0.3) is 5.91 Å². The van der Waals surface area contributed by atoms with E-state index in [2.05, 4.69) is 0 Å². The third-order valence-electron chi connectivity index (χ3n) is 2.37. The van der Waals surface area contributed by atoms with Crippen molar-refractivity contribution in [2.24, 2.45) is 5.84 Å². The van der Waals surface area contributed by atoms with Crippen LogP contribution in [-0.4, -0.2) is 5.91 Å². The van der Waals surface area contributed by atoms with E-state index in [1.54, 1.807) is 18.2 Å². The molecular formula is C12H12ClN3O2S. The lowest BCUT2D eigenvalue weighted by molar-refractivity contribution is 0.0953. The van der Waals surface area contributed by atoms with Gasteiger partial charge in [-0.15, -0.1) is 11.8 Å². The molecule has 100 valence electrons. The zero-order valence-corrected chi connectivity index (χ0v) is 11.4. The summed E-state index contributed by atoms with van der Waals surface area (Å²) in [6, 6.07) is 6.96. The molecule has 0 radical (unpaired) electrons. The Hall–Kier alpha value is -1.63. The molecule has 0 aliphatic heterocycles. The fraction of sp³-hybridized carbons (Fsp3) is 0.0833. The maximum atomic E-state index is 11.3. The van der Waals surface area contributed by atoms with Crippen LogP contribution in [0.1, 0.15) is 16.1 Å². The highest BCUT2D eigenvalue weighted by Crippen LogP contribution is 2.31. The molecule has 0 unspecified atom stereocenters. The molecule has 7 heteroatoms. The van der Waals surface area contributed by atoms with Gasteiger partial charge in [0.2, 0.25) is 0 Å². The summed E-state index contributed by atoms with van der Waals surface area (Å²) in [5.41, 5.74) is 8.67. The van der Waals surface area contributed by atoms with E-state index in [9.17, 15) is 4.79 Å². The van der Waals surface area contributed by atoms with Gasteiger partial charge in [0, 0.05) is 10.6 Å². The molecule has 5 nitrogen and oxygen atoms in total. The predicted octanol–water partition coefficient (Wildman–Crippen LogP) is 2.41. The second-order valence-electron chi connectivity index (χ2n) is 3.75. The molecule has 1 aromatic carbocycles. The normalized spacial score (nSPS) is 10.4. The van der Waals surface area contributed by atoms with Crippen LogP contribution in [0.4, 0.5) is 5.69 Å². The van der Waals surface area contributed by atoms with Gasteiger partial charge in [-0.3, -0.25) is 10.2 Å². The number of nitrogens with one attached hydrogen (secondary N) is 1. The van der Waals surface area contributed by atoms with E-state index in [-0.39, 0.29) is 5.91 Å². The number of anilines is 1. The van der Waals surface area contributed by atoms with E-state index >= 15 is 0 Å². The molecule has 0 aliphatic rings. The van der Waals surface area contributed by atoms with Crippen molar-refractivity contribution in [3.8, 4) is 0 Å². The number of nitrogen functional groups attached to an aromatic ring is 2. The third kappa shape index (κ3) is 3.44. The summed E-state index contributed by atoms with van der Waals surface area (Å²) in [5, 5.41) is 0.594. The quantitative estimate of drug-likeness (QED) is 0.265. The van der Waals surface area contributed by atoms with Crippen molar-refractivity contribution in [2.45, 2.75) is 10.6 Å². The highest BCUT2D eigenvalue weighted by molar-refractivity contribution is 7.98. The number of nitrogens with two attached hydrogens (primary N) is 2. The van der Waals surface area contributed by atoms with Crippen molar-refractivity contribution < 1.29 is 9.21 Å². The summed E-state index contributed by atoms with van der Waals surface area (Å²) >= 11 is 7.56. The summed E-state index contributed by atoms with van der Waals surface area (Å²) in [7, 11) is 0. The maximum absolute atomic E-state index is 11.3. The number of halogens is 1. The molecule has 5 N–H and O–H groups in total. The number of carbonyl (C=O) groups excluding carboxylic acids is 1. The van der Waals surface area contributed by atoms with Gasteiger partial charge < -0.3 is 10.2 Å². The zero-order chi connectivity index (χ0) is 13.8. The first-order valence-corrected chi connectivity index (χ1v) is 6.72. The van der Waals surface area contributed by atoms with Crippen molar-refractivity contribution in [1.29, 1.82) is 0 Å². The first kappa shape index (κ1) is 13.8. The van der Waals surface area contributed by atoms with Crippen molar-refractivity contribution in [1.82, 2.24) is 5.43 Å². The van der Waals surface area contributed by atoms with Crippen LogP contribution in [0.5, 0.6) is 0 Å². The molecule has 1 aromatic heterocycles. The first-order chi connectivity index (χ1) is 9.10. The average Bonchev–Trinajstić information content (AvgIpc) is 2.85. The van der Waals surface area contributed by atoms with Gasteiger partial charge in [-0.1, -0.05) is 11.6 Å². The minimum Gasteiger partial charge on any atom is -0.468 e. The molecule has 1 amide bonds. The number of furan rings is 1. The lowest BCUT2D eigenvalue weighted by Crippen LogP contribution is -2.29. The monoisotopic (exact) mass is 297 g/mol. The number of amides is 1. The Morgan fingerprint density at radius 1 is 1.42 bits per heavy atom. The number of rotatable bonds is 4. The van der Waals surface area contributed by atoms with E-state index in [4.69, 9.17) is 27.6 Å². The standard InChI is InChI=1S/C12H12ClN3O2S/c13-10-4-8(14)1-2-11(10)19-6-9-3-7(5-18-9)12(17)16-15/h1-5H,6,14-15H2,(H,16,17). The Balaban J connectivity index is 2.02. The molecular weight excluding hydrogens is 286 g/mol. The fourth-order valence-electron chi connectivity index (χ4n) is 1.44. The van der Waals surface area contributed by atoms with Crippen LogP contribution in [0.3, 0.4) is 0 Å². The number of thioether (sulfide) groups is 1. The Bertz CT molecular complexity index is 600. The Morgan fingerprint density at radius 2 is 2.21 bits per heavy atom. The molecule has 0 saturated carbocycles. The summed E-state index contributed by atoms with van der Waals surface area (Å²) < 4.78 is 5.27. The maximum Gasteiger partial charge on any atom is 0.268 e. The molecule has 0 saturated heterocycles. The number of hydrogen-bond acceptors (Lipinski definition) is 5. The highest BCUT2D eigenvalue weighted by atomic mass is 35.5. The SMILES string of the molecule is NNC(=O)c1coc(CSc2ccc(N)cc2Cl)c1. The molecule has 2 aromatic rings. The van der Waals surface area contributed by atoms with Gasteiger partial charge in [0.05, 0.1) is 16.3 Å². The topological polar surface area (TPSA) is 94.3 Å². The van der Waals surface area contributed by atoms with Crippen molar-refractivity contribution in [2.75, 3.05) is 5.73 Å². The summed E-state index contributed by atoms with van der Waals surface area (Å²) in [5.74, 6) is 5.87. The zero-order valence-electron chi connectivity index (χ0n) is 9.85. The summed E-state index contributed by atoms with van der Waals surface area (Å²) in [4.78, 5) is 12.2. The second kappa shape index (κ2) is 6.01. The molecule has 2 rings (SSSR count). The molecule has 0 spiro atoms. The van der Waals surface area contributed by atoms with Gasteiger partial charge in [-0.25, -0.2) is 5.84 Å². The predicted molar refractivity (Wildman–Crippen MR) is 75.8 cm³/mol. The molecule has 0 atom stereocenters. The van der Waals surface area contributed by atoms with E-state index in [0.29, 0.717) is 27.8 Å². The van der Waals surface area contributed by atoms with Crippen LogP contribution < -0.4 is 17.0 Å². The smallest absolute Gasteiger partial charge is 0.268 e. The van der Waals surface area contributed by atoms with Crippen molar-refractivity contribution >= 4 is 35.0 Å². The van der Waals surface area contributed by atoms with E-state index in [1.165, 1.54) is 18.0 Å². The van der Waals surface area contributed by atoms with Gasteiger partial charge in [-0.2, -0.15) is 0 Å². The van der Waals surface area contributed by atoms with Gasteiger partial charge >= 0.3 is 0 Å². The number of hydrazine groups is 1. The van der Waals surface area contributed by atoms with Gasteiger partial charge in [-0.05, 0) is 24.3 Å². The minimum atomic E-state index is -0.384. The lowest BCUT2D eigenvalue weighted by atomic mass is 10.3. The van der Waals surface area contributed by atoms with Crippen molar-refractivity contribution in [3.05, 3.63) is 46.9 Å². The third-order valence-corrected chi connectivity index (χ3v) is 3.89. The Morgan fingerprint density at radius 3 is 2.89 bits per heavy atom. The van der Waals surface area contributed by atoms with Crippen LogP contribution in [0.15, 0.2) is 39.8 Å². The minimum absolute atomic E-state index is 0.384. The fourth-order valence-corrected chi connectivity index (χ4v) is 2.60. The van der Waals surface area contributed by atoms with E-state index in [1.807, 2.05) is 11.5 Å². The van der Waals surface area contributed by atoms with Crippen molar-refractivity contribution in [3.63, 3.8) is 0 Å². The van der Waals surface area contributed by atoms with E-state index < -0.39 is 0 Å². The summed E-state index contributed by atoms with van der Waals surface area (Å²) in [6.45, 7) is 0. The number of benzene rings is 1. The van der Waals surface area contributed by atoms with Crippen LogP contribution in [0.25, 0.3) is 0 Å².